The number of ether oxygens (including phenoxy) is 1. The zero-order valence-electron chi connectivity index (χ0n) is 14.9. The van der Waals surface area contributed by atoms with E-state index >= 15 is 0 Å². The number of rotatable bonds is 7. The number of hydrogen-bond donors (Lipinski definition) is 0. The van der Waals surface area contributed by atoms with Crippen LogP contribution in [0.4, 0.5) is 0 Å². The molecular weight excluding hydrogens is 340 g/mol. The Balaban J connectivity index is 2.04. The summed E-state index contributed by atoms with van der Waals surface area (Å²) >= 11 is 0. The number of esters is 1. The molecule has 3 heteroatoms. The second-order valence-corrected chi connectivity index (χ2v) is 7.91. The number of carbonyl (C=O) groups excluding carboxylic acids is 1. The molecule has 0 amide bonds. The van der Waals surface area contributed by atoms with Gasteiger partial charge in [0.2, 0.25) is 0 Å². The first-order valence-corrected chi connectivity index (χ1v) is 10.1. The summed E-state index contributed by atoms with van der Waals surface area (Å²) in [4.78, 5) is 16.1. The molecule has 0 bridgehead atoms. The Bertz CT molecular complexity index is 792. The van der Waals surface area contributed by atoms with Crippen molar-refractivity contribution >= 4 is 16.9 Å². The maximum atomic E-state index is 12.7. The van der Waals surface area contributed by atoms with Crippen LogP contribution in [0.15, 0.2) is 99.6 Å². The number of hydrogen-bond acceptors (Lipinski definition) is 2. The van der Waals surface area contributed by atoms with Gasteiger partial charge in [0, 0.05) is 0 Å². The van der Waals surface area contributed by atoms with Crippen LogP contribution in [-0.4, -0.2) is 12.6 Å². The van der Waals surface area contributed by atoms with E-state index in [4.69, 9.17) is 4.74 Å². The second-order valence-electron chi connectivity index (χ2n) is 5.92. The Morgan fingerprint density at radius 3 is 1.92 bits per heavy atom. The van der Waals surface area contributed by atoms with Gasteiger partial charge in [-0.05, 0) is 42.8 Å². The van der Waals surface area contributed by atoms with Gasteiger partial charge in [0.25, 0.3) is 0 Å². The molecule has 3 aromatic rings. The Morgan fingerprint density at radius 2 is 1.35 bits per heavy atom. The van der Waals surface area contributed by atoms with Crippen molar-refractivity contribution in [1.29, 1.82) is 0 Å². The van der Waals surface area contributed by atoms with E-state index in [0.29, 0.717) is 12.2 Å². The van der Waals surface area contributed by atoms with Crippen LogP contribution < -0.4 is 0 Å². The maximum Gasteiger partial charge on any atom is 0.343 e. The van der Waals surface area contributed by atoms with E-state index in [2.05, 4.69) is 31.2 Å². The summed E-state index contributed by atoms with van der Waals surface area (Å²) < 4.78 is 5.50. The average Bonchev–Trinajstić information content (AvgIpc) is 2.70. The summed E-state index contributed by atoms with van der Waals surface area (Å²) in [7, 11) is -0.355. The van der Waals surface area contributed by atoms with Crippen molar-refractivity contribution in [3.63, 3.8) is 0 Å². The van der Waals surface area contributed by atoms with Gasteiger partial charge < -0.3 is 4.74 Å². The molecule has 0 aliphatic rings. The minimum Gasteiger partial charge on any atom is -0.462 e. The number of carbonyl (C=O) groups is 1. The van der Waals surface area contributed by atoms with Gasteiger partial charge in [0.05, 0.1) is 6.61 Å². The van der Waals surface area contributed by atoms with Crippen LogP contribution >= 0.6 is 0 Å². The lowest BCUT2D eigenvalue weighted by Crippen LogP contribution is -2.13. The second kappa shape index (κ2) is 9.25. The Morgan fingerprint density at radius 1 is 0.808 bits per heavy atom. The quantitative estimate of drug-likeness (QED) is 0.304. The summed E-state index contributed by atoms with van der Waals surface area (Å²) in [6.07, 6.45) is 1.89. The summed E-state index contributed by atoms with van der Waals surface area (Å²) in [5, 5.41) is 0. The third-order valence-electron chi connectivity index (χ3n) is 4.02. The van der Waals surface area contributed by atoms with Crippen LogP contribution in [0, 0.1) is 0 Å². The molecule has 0 N–H and O–H groups in total. The lowest BCUT2D eigenvalue weighted by atomic mass is 10.2. The van der Waals surface area contributed by atoms with Crippen molar-refractivity contribution in [1.82, 2.24) is 0 Å². The molecule has 0 heterocycles. The van der Waals surface area contributed by atoms with Crippen LogP contribution in [0.25, 0.3) is 0 Å². The van der Waals surface area contributed by atoms with E-state index in [-0.39, 0.29) is 16.9 Å². The van der Waals surface area contributed by atoms with E-state index in [9.17, 15) is 4.79 Å². The molecule has 0 saturated carbocycles. The van der Waals surface area contributed by atoms with E-state index in [1.807, 2.05) is 60.7 Å². The lowest BCUT2D eigenvalue weighted by Gasteiger charge is -2.11. The van der Waals surface area contributed by atoms with Crippen molar-refractivity contribution in [2.45, 2.75) is 34.5 Å². The highest BCUT2D eigenvalue weighted by atomic mass is 32.2. The first-order valence-electron chi connectivity index (χ1n) is 8.92. The minimum absolute atomic E-state index is 0.238. The van der Waals surface area contributed by atoms with E-state index < -0.39 is 0 Å². The van der Waals surface area contributed by atoms with Gasteiger partial charge >= 0.3 is 5.97 Å². The lowest BCUT2D eigenvalue weighted by molar-refractivity contribution is 0.0495. The predicted molar refractivity (Wildman–Crippen MR) is 107 cm³/mol. The Hall–Kier alpha value is -2.52. The standard InChI is InChI=1S/C23H23O2S/c1-2-3-18-25-23(24)21-16-10-11-17-22(21)26(19-12-6-4-7-13-19)20-14-8-5-9-15-20/h4-17H,2-3,18H2,1H3/q+1. The smallest absolute Gasteiger partial charge is 0.343 e. The topological polar surface area (TPSA) is 26.3 Å². The van der Waals surface area contributed by atoms with Crippen LogP contribution in [0.5, 0.6) is 0 Å². The molecule has 0 fully saturated rings. The molecule has 0 unspecified atom stereocenters. The van der Waals surface area contributed by atoms with Crippen molar-refractivity contribution in [2.75, 3.05) is 6.61 Å². The molecule has 0 atom stereocenters. The molecular formula is C23H23O2S+. The summed E-state index contributed by atoms with van der Waals surface area (Å²) in [6, 6.07) is 28.5. The highest BCUT2D eigenvalue weighted by Gasteiger charge is 2.33. The molecule has 26 heavy (non-hydrogen) atoms. The number of unbranched alkanes of at least 4 members (excludes halogenated alkanes) is 1. The monoisotopic (exact) mass is 363 g/mol. The fraction of sp³-hybridized carbons (Fsp3) is 0.174. The molecule has 0 spiro atoms. The van der Waals surface area contributed by atoms with Gasteiger partial charge in [-0.25, -0.2) is 4.79 Å². The average molecular weight is 364 g/mol. The van der Waals surface area contributed by atoms with Crippen molar-refractivity contribution in [2.24, 2.45) is 0 Å². The van der Waals surface area contributed by atoms with Gasteiger partial charge in [-0.2, -0.15) is 0 Å². The van der Waals surface area contributed by atoms with E-state index in [0.717, 1.165) is 17.7 Å². The van der Waals surface area contributed by atoms with Crippen LogP contribution in [0.2, 0.25) is 0 Å². The van der Waals surface area contributed by atoms with Gasteiger partial charge in [-0.3, -0.25) is 0 Å². The first-order chi connectivity index (χ1) is 12.8. The van der Waals surface area contributed by atoms with Crippen LogP contribution in [-0.2, 0) is 15.6 Å². The Labute approximate surface area is 158 Å². The SMILES string of the molecule is CCCCOC(=O)c1ccccc1[S+](c1ccccc1)c1ccccc1. The molecule has 2 nitrogen and oxygen atoms in total. The van der Waals surface area contributed by atoms with Crippen LogP contribution in [0.1, 0.15) is 30.1 Å². The minimum atomic E-state index is -0.355. The van der Waals surface area contributed by atoms with E-state index in [1.165, 1.54) is 9.79 Å². The highest BCUT2D eigenvalue weighted by Crippen LogP contribution is 2.33. The Kier molecular flexibility index (Phi) is 6.50. The van der Waals surface area contributed by atoms with Gasteiger partial charge in [0.1, 0.15) is 16.5 Å². The zero-order chi connectivity index (χ0) is 18.2. The predicted octanol–water partition coefficient (Wildman–Crippen LogP) is 5.74. The van der Waals surface area contributed by atoms with E-state index in [1.54, 1.807) is 0 Å². The van der Waals surface area contributed by atoms with Gasteiger partial charge in [0.15, 0.2) is 14.7 Å². The molecule has 0 aliphatic carbocycles. The number of benzene rings is 3. The molecule has 0 radical (unpaired) electrons. The van der Waals surface area contributed by atoms with Crippen molar-refractivity contribution < 1.29 is 9.53 Å². The van der Waals surface area contributed by atoms with Crippen molar-refractivity contribution in [3.8, 4) is 0 Å². The molecule has 0 aromatic heterocycles. The third-order valence-corrected chi connectivity index (χ3v) is 6.30. The summed E-state index contributed by atoms with van der Waals surface area (Å²) in [6.45, 7) is 2.55. The fourth-order valence-electron chi connectivity index (χ4n) is 2.70. The normalized spacial score (nSPS) is 10.7. The highest BCUT2D eigenvalue weighted by molar-refractivity contribution is 7.97. The molecule has 132 valence electrons. The zero-order valence-corrected chi connectivity index (χ0v) is 15.7. The van der Waals surface area contributed by atoms with Crippen molar-refractivity contribution in [3.05, 3.63) is 90.5 Å². The third kappa shape index (κ3) is 4.36. The largest absolute Gasteiger partial charge is 0.462 e. The molecule has 0 saturated heterocycles. The summed E-state index contributed by atoms with van der Waals surface area (Å²) in [5.74, 6) is -0.238. The van der Waals surface area contributed by atoms with Gasteiger partial charge in [-0.15, -0.1) is 0 Å². The molecule has 0 aliphatic heterocycles. The van der Waals surface area contributed by atoms with Gasteiger partial charge in [-0.1, -0.05) is 61.9 Å². The van der Waals surface area contributed by atoms with Crippen LogP contribution in [0.3, 0.4) is 0 Å². The first kappa shape index (κ1) is 18.3. The fourth-order valence-corrected chi connectivity index (χ4v) is 4.93. The summed E-state index contributed by atoms with van der Waals surface area (Å²) in [5.41, 5.74) is 0.652. The molecule has 3 aromatic carbocycles. The molecule has 3 rings (SSSR count). The maximum absolute atomic E-state index is 12.7.